The first-order valence-corrected chi connectivity index (χ1v) is 9.71. The van der Waals surface area contributed by atoms with Gasteiger partial charge in [-0.3, -0.25) is 4.79 Å². The smallest absolute Gasteiger partial charge is 0.261 e. The van der Waals surface area contributed by atoms with E-state index in [1.807, 2.05) is 36.4 Å². The summed E-state index contributed by atoms with van der Waals surface area (Å²) in [6.07, 6.45) is 0.994. The minimum atomic E-state index is -1.77. The van der Waals surface area contributed by atoms with Gasteiger partial charge in [-0.05, 0) is 41.3 Å². The molecule has 0 saturated heterocycles. The van der Waals surface area contributed by atoms with Crippen LogP contribution in [0.2, 0.25) is 5.02 Å². The number of amides is 1. The lowest BCUT2D eigenvalue weighted by atomic mass is 9.85. The van der Waals surface area contributed by atoms with E-state index in [1.54, 1.807) is 30.3 Å². The van der Waals surface area contributed by atoms with Crippen LogP contribution in [0.25, 0.3) is 0 Å². The third-order valence-electron chi connectivity index (χ3n) is 4.83. The molecule has 0 saturated carbocycles. The maximum Gasteiger partial charge on any atom is 0.261 e. The molecule has 3 aromatic carbocycles. The molecule has 3 rings (SSSR count). The highest BCUT2D eigenvalue weighted by atomic mass is 35.5. The van der Waals surface area contributed by atoms with Gasteiger partial charge in [0.15, 0.2) is 5.60 Å². The summed E-state index contributed by atoms with van der Waals surface area (Å²) in [5.41, 5.74) is 1.46. The Balaban J connectivity index is 1.95. The molecule has 1 atom stereocenters. The Morgan fingerprint density at radius 2 is 1.79 bits per heavy atom. The highest BCUT2D eigenvalue weighted by Gasteiger charge is 2.38. The Kier molecular flexibility index (Phi) is 6.33. The first-order chi connectivity index (χ1) is 14.0. The number of aryl methyl sites for hydroxylation is 1. The van der Waals surface area contributed by atoms with Crippen LogP contribution in [0.4, 0.5) is 5.69 Å². The Morgan fingerprint density at radius 1 is 1.07 bits per heavy atom. The number of anilines is 1. The van der Waals surface area contributed by atoms with Crippen molar-refractivity contribution in [2.45, 2.75) is 25.4 Å². The molecular formula is C24H21ClN2O2. The summed E-state index contributed by atoms with van der Waals surface area (Å²) in [5.74, 6) is -0.564. The van der Waals surface area contributed by atoms with E-state index in [9.17, 15) is 9.90 Å². The van der Waals surface area contributed by atoms with Crippen molar-refractivity contribution in [3.63, 3.8) is 0 Å². The number of hydrogen-bond acceptors (Lipinski definition) is 3. The Hall–Kier alpha value is -3.13. The fraction of sp³-hybridized carbons (Fsp3) is 0.167. The molecule has 2 N–H and O–H groups in total. The molecule has 0 aliphatic heterocycles. The SMILES string of the molecule is CCc1cccc(CC(O)(C(=O)Nc2ccc(C#N)c(Cl)c2)c2ccccc2)c1. The van der Waals surface area contributed by atoms with Crippen LogP contribution < -0.4 is 5.32 Å². The maximum absolute atomic E-state index is 13.2. The van der Waals surface area contributed by atoms with Crippen LogP contribution in [0.5, 0.6) is 0 Å². The van der Waals surface area contributed by atoms with E-state index < -0.39 is 11.5 Å². The van der Waals surface area contributed by atoms with Gasteiger partial charge in [0, 0.05) is 12.1 Å². The second-order valence-corrected chi connectivity index (χ2v) is 7.24. The molecule has 146 valence electrons. The van der Waals surface area contributed by atoms with Gasteiger partial charge < -0.3 is 10.4 Å². The molecule has 0 spiro atoms. The minimum absolute atomic E-state index is 0.126. The fourth-order valence-electron chi connectivity index (χ4n) is 3.20. The topological polar surface area (TPSA) is 73.1 Å². The minimum Gasteiger partial charge on any atom is -0.375 e. The van der Waals surface area contributed by atoms with Crippen LogP contribution in [0, 0.1) is 11.3 Å². The fourth-order valence-corrected chi connectivity index (χ4v) is 3.42. The summed E-state index contributed by atoms with van der Waals surface area (Å²) in [4.78, 5) is 13.2. The molecule has 0 aliphatic rings. The van der Waals surface area contributed by atoms with Gasteiger partial charge in [-0.15, -0.1) is 0 Å². The third-order valence-corrected chi connectivity index (χ3v) is 5.15. The zero-order chi connectivity index (χ0) is 20.9. The van der Waals surface area contributed by atoms with Crippen LogP contribution in [0.1, 0.15) is 29.2 Å². The van der Waals surface area contributed by atoms with E-state index in [2.05, 4.69) is 12.2 Å². The zero-order valence-electron chi connectivity index (χ0n) is 16.0. The number of carbonyl (C=O) groups is 1. The van der Waals surface area contributed by atoms with Gasteiger partial charge in [0.25, 0.3) is 5.91 Å². The van der Waals surface area contributed by atoms with E-state index in [-0.39, 0.29) is 11.4 Å². The van der Waals surface area contributed by atoms with Gasteiger partial charge in [0.05, 0.1) is 10.6 Å². The largest absolute Gasteiger partial charge is 0.375 e. The summed E-state index contributed by atoms with van der Waals surface area (Å²) < 4.78 is 0. The number of halogens is 1. The number of hydrogen-bond donors (Lipinski definition) is 2. The van der Waals surface area contributed by atoms with Gasteiger partial charge in [-0.2, -0.15) is 5.26 Å². The summed E-state index contributed by atoms with van der Waals surface area (Å²) >= 11 is 6.07. The second kappa shape index (κ2) is 8.91. The van der Waals surface area contributed by atoms with Gasteiger partial charge in [-0.1, -0.05) is 73.1 Å². The van der Waals surface area contributed by atoms with Crippen LogP contribution in [-0.4, -0.2) is 11.0 Å². The molecule has 1 unspecified atom stereocenters. The molecule has 0 aromatic heterocycles. The van der Waals surface area contributed by atoms with Crippen LogP contribution in [-0.2, 0) is 23.2 Å². The number of aliphatic hydroxyl groups is 1. The number of nitrogens with zero attached hydrogens (tertiary/aromatic N) is 1. The first kappa shape index (κ1) is 20.6. The molecule has 0 bridgehead atoms. The van der Waals surface area contributed by atoms with Gasteiger partial charge in [-0.25, -0.2) is 0 Å². The molecule has 29 heavy (non-hydrogen) atoms. The van der Waals surface area contributed by atoms with Gasteiger partial charge in [0.1, 0.15) is 6.07 Å². The molecule has 0 fully saturated rings. The highest BCUT2D eigenvalue weighted by Crippen LogP contribution is 2.29. The lowest BCUT2D eigenvalue weighted by molar-refractivity contribution is -0.135. The molecule has 0 aliphatic carbocycles. The molecule has 5 heteroatoms. The summed E-state index contributed by atoms with van der Waals surface area (Å²) in [6, 6.07) is 23.3. The normalized spacial score (nSPS) is 12.6. The molecule has 3 aromatic rings. The van der Waals surface area contributed by atoms with Gasteiger partial charge >= 0.3 is 0 Å². The predicted octanol–water partition coefficient (Wildman–Crippen LogP) is 4.84. The van der Waals surface area contributed by atoms with Gasteiger partial charge in [0.2, 0.25) is 0 Å². The number of nitrogens with one attached hydrogen (secondary N) is 1. The number of rotatable bonds is 6. The average molecular weight is 405 g/mol. The van der Waals surface area contributed by atoms with Crippen molar-refractivity contribution in [2.75, 3.05) is 5.32 Å². The Morgan fingerprint density at radius 3 is 2.45 bits per heavy atom. The monoisotopic (exact) mass is 404 g/mol. The lowest BCUT2D eigenvalue weighted by Gasteiger charge is -2.28. The van der Waals surface area contributed by atoms with E-state index in [0.29, 0.717) is 16.8 Å². The molecule has 0 heterocycles. The van der Waals surface area contributed by atoms with Crippen molar-refractivity contribution in [1.82, 2.24) is 0 Å². The summed E-state index contributed by atoms with van der Waals surface area (Å²) in [6.45, 7) is 2.06. The first-order valence-electron chi connectivity index (χ1n) is 9.33. The Bertz CT molecular complexity index is 1060. The summed E-state index contributed by atoms with van der Waals surface area (Å²) in [5, 5.41) is 23.5. The van der Waals surface area contributed by atoms with Crippen molar-refractivity contribution in [1.29, 1.82) is 5.26 Å². The van der Waals surface area contributed by atoms with Crippen molar-refractivity contribution in [3.05, 3.63) is 100 Å². The van der Waals surface area contributed by atoms with Crippen LogP contribution >= 0.6 is 11.6 Å². The lowest BCUT2D eigenvalue weighted by Crippen LogP contribution is -2.42. The van der Waals surface area contributed by atoms with Crippen LogP contribution in [0.15, 0.2) is 72.8 Å². The molecule has 0 radical (unpaired) electrons. The van der Waals surface area contributed by atoms with Crippen molar-refractivity contribution >= 4 is 23.2 Å². The number of carbonyl (C=O) groups excluding carboxylic acids is 1. The predicted molar refractivity (Wildman–Crippen MR) is 115 cm³/mol. The number of nitriles is 1. The number of benzene rings is 3. The molecular weight excluding hydrogens is 384 g/mol. The van der Waals surface area contributed by atoms with E-state index in [0.717, 1.165) is 17.5 Å². The average Bonchev–Trinajstić information content (AvgIpc) is 2.74. The van der Waals surface area contributed by atoms with E-state index in [1.165, 1.54) is 12.1 Å². The quantitative estimate of drug-likeness (QED) is 0.617. The van der Waals surface area contributed by atoms with Crippen molar-refractivity contribution in [2.24, 2.45) is 0 Å². The van der Waals surface area contributed by atoms with Crippen LogP contribution in [0.3, 0.4) is 0 Å². The zero-order valence-corrected chi connectivity index (χ0v) is 16.8. The van der Waals surface area contributed by atoms with Crippen molar-refractivity contribution < 1.29 is 9.90 Å². The third kappa shape index (κ3) is 4.65. The van der Waals surface area contributed by atoms with E-state index >= 15 is 0 Å². The highest BCUT2D eigenvalue weighted by molar-refractivity contribution is 6.32. The van der Waals surface area contributed by atoms with Crippen molar-refractivity contribution in [3.8, 4) is 6.07 Å². The Labute approximate surface area is 175 Å². The molecule has 1 amide bonds. The van der Waals surface area contributed by atoms with E-state index in [4.69, 9.17) is 16.9 Å². The molecule has 4 nitrogen and oxygen atoms in total. The maximum atomic E-state index is 13.2. The standard InChI is InChI=1S/C24H21ClN2O2/c1-2-17-7-6-8-18(13-17)15-24(29,20-9-4-3-5-10-20)23(28)27-21-12-11-19(16-26)22(25)14-21/h3-14,29H,2,15H2,1H3,(H,27,28). The summed E-state index contributed by atoms with van der Waals surface area (Å²) in [7, 11) is 0. The second-order valence-electron chi connectivity index (χ2n) is 6.84.